The number of halogens is 1. The molecule has 3 rings (SSSR count). The number of benzene rings is 3. The molecule has 3 aromatic carbocycles. The summed E-state index contributed by atoms with van der Waals surface area (Å²) in [6.45, 7) is 3.49. The molecule has 0 radical (unpaired) electrons. The van der Waals surface area contributed by atoms with Crippen molar-refractivity contribution < 1.29 is 27.1 Å². The number of hydrogen-bond donors (Lipinski definition) is 2. The Balaban J connectivity index is 1.92. The lowest BCUT2D eigenvalue weighted by Crippen LogP contribution is -2.18. The van der Waals surface area contributed by atoms with Gasteiger partial charge in [-0.05, 0) is 55.3 Å². The highest BCUT2D eigenvalue weighted by molar-refractivity contribution is 7.92. The summed E-state index contributed by atoms with van der Waals surface area (Å²) in [5.74, 6) is -0.243. The average Bonchev–Trinajstić information content (AvgIpc) is 2.76. The Morgan fingerprint density at radius 3 is 2.19 bits per heavy atom. The van der Waals surface area contributed by atoms with Crippen molar-refractivity contribution in [1.29, 1.82) is 0 Å². The van der Waals surface area contributed by atoms with E-state index < -0.39 is 21.7 Å². The zero-order valence-electron chi connectivity index (χ0n) is 18.0. The van der Waals surface area contributed by atoms with Gasteiger partial charge in [-0.25, -0.2) is 12.8 Å². The Hall–Kier alpha value is -3.59. The Kier molecular flexibility index (Phi) is 6.69. The molecule has 0 aromatic heterocycles. The zero-order valence-corrected chi connectivity index (χ0v) is 18.8. The second-order valence-corrected chi connectivity index (χ2v) is 8.72. The first-order chi connectivity index (χ1) is 15.2. The molecular weight excluding hydrogens is 435 g/mol. The molecule has 0 unspecified atom stereocenters. The van der Waals surface area contributed by atoms with Crippen LogP contribution in [0.2, 0.25) is 0 Å². The predicted molar refractivity (Wildman–Crippen MR) is 121 cm³/mol. The van der Waals surface area contributed by atoms with Gasteiger partial charge < -0.3 is 14.8 Å². The quantitative estimate of drug-likeness (QED) is 0.543. The van der Waals surface area contributed by atoms with Crippen LogP contribution in [0.3, 0.4) is 0 Å². The summed E-state index contributed by atoms with van der Waals surface area (Å²) in [4.78, 5) is 12.8. The minimum absolute atomic E-state index is 0.163. The van der Waals surface area contributed by atoms with Crippen LogP contribution in [0.5, 0.6) is 11.5 Å². The van der Waals surface area contributed by atoms with Crippen LogP contribution in [0.25, 0.3) is 0 Å². The van der Waals surface area contributed by atoms with Gasteiger partial charge in [0.2, 0.25) is 0 Å². The van der Waals surface area contributed by atoms with Gasteiger partial charge >= 0.3 is 0 Å². The summed E-state index contributed by atoms with van der Waals surface area (Å²) in [5.41, 5.74) is 1.78. The summed E-state index contributed by atoms with van der Waals surface area (Å²) >= 11 is 0. The number of amides is 1. The summed E-state index contributed by atoms with van der Waals surface area (Å²) < 4.78 is 52.2. The van der Waals surface area contributed by atoms with Crippen LogP contribution in [0.4, 0.5) is 15.8 Å². The summed E-state index contributed by atoms with van der Waals surface area (Å²) in [5, 5.41) is 2.78. The van der Waals surface area contributed by atoms with Crippen LogP contribution in [0, 0.1) is 19.7 Å². The van der Waals surface area contributed by atoms with E-state index in [-0.39, 0.29) is 16.1 Å². The van der Waals surface area contributed by atoms with Crippen LogP contribution >= 0.6 is 0 Å². The number of sulfonamides is 1. The average molecular weight is 459 g/mol. The van der Waals surface area contributed by atoms with Crippen molar-refractivity contribution in [2.75, 3.05) is 24.3 Å². The standard InChI is InChI=1S/C23H23FN2O5S/c1-14-9-10-16(32(28,29)26-19-8-6-5-7-18(19)24)12-17(14)23(27)25-20-13-22(31-4)21(30-3)11-15(20)2/h5-13,26H,1-4H3,(H,25,27). The third kappa shape index (κ3) is 4.83. The molecule has 0 spiro atoms. The predicted octanol–water partition coefficient (Wildman–Crippen LogP) is 4.51. The number of aryl methyl sites for hydroxylation is 2. The van der Waals surface area contributed by atoms with Gasteiger partial charge in [0.15, 0.2) is 11.5 Å². The molecule has 0 aliphatic carbocycles. The molecule has 0 saturated carbocycles. The summed E-state index contributed by atoms with van der Waals surface area (Å²) in [7, 11) is -1.12. The first-order valence-corrected chi connectivity index (χ1v) is 11.1. The first-order valence-electron chi connectivity index (χ1n) is 9.58. The van der Waals surface area contributed by atoms with E-state index in [1.165, 1.54) is 50.6 Å². The van der Waals surface area contributed by atoms with E-state index >= 15 is 0 Å². The SMILES string of the molecule is COc1cc(C)c(NC(=O)c2cc(S(=O)(=O)Nc3ccccc3F)ccc2C)cc1OC. The van der Waals surface area contributed by atoms with E-state index in [1.807, 2.05) is 0 Å². The van der Waals surface area contributed by atoms with Gasteiger partial charge in [0.05, 0.1) is 24.8 Å². The topological polar surface area (TPSA) is 93.7 Å². The fourth-order valence-electron chi connectivity index (χ4n) is 3.07. The smallest absolute Gasteiger partial charge is 0.262 e. The molecule has 9 heteroatoms. The molecule has 0 heterocycles. The van der Waals surface area contributed by atoms with Gasteiger partial charge in [0.1, 0.15) is 5.82 Å². The largest absolute Gasteiger partial charge is 0.493 e. The molecule has 0 aliphatic heterocycles. The van der Waals surface area contributed by atoms with Gasteiger partial charge in [0.25, 0.3) is 15.9 Å². The fourth-order valence-corrected chi connectivity index (χ4v) is 4.16. The third-order valence-electron chi connectivity index (χ3n) is 4.86. The number of anilines is 2. The van der Waals surface area contributed by atoms with E-state index in [4.69, 9.17) is 9.47 Å². The fraction of sp³-hybridized carbons (Fsp3) is 0.174. The van der Waals surface area contributed by atoms with E-state index in [1.54, 1.807) is 26.0 Å². The molecule has 0 saturated heterocycles. The van der Waals surface area contributed by atoms with Crippen LogP contribution in [0.1, 0.15) is 21.5 Å². The monoisotopic (exact) mass is 458 g/mol. The lowest BCUT2D eigenvalue weighted by Gasteiger charge is -2.15. The number of carbonyl (C=O) groups is 1. The highest BCUT2D eigenvalue weighted by atomic mass is 32.2. The summed E-state index contributed by atoms with van der Waals surface area (Å²) in [6, 6.07) is 12.9. The molecular formula is C23H23FN2O5S. The Bertz CT molecular complexity index is 1280. The lowest BCUT2D eigenvalue weighted by molar-refractivity contribution is 0.102. The Labute approximate surface area is 186 Å². The first kappa shape index (κ1) is 23.1. The minimum Gasteiger partial charge on any atom is -0.493 e. The van der Waals surface area contributed by atoms with E-state index in [9.17, 15) is 17.6 Å². The second kappa shape index (κ2) is 9.27. The maximum Gasteiger partial charge on any atom is 0.262 e. The normalized spacial score (nSPS) is 11.0. The lowest BCUT2D eigenvalue weighted by atomic mass is 10.1. The number of carbonyl (C=O) groups excluding carboxylic acids is 1. The summed E-state index contributed by atoms with van der Waals surface area (Å²) in [6.07, 6.45) is 0. The molecule has 32 heavy (non-hydrogen) atoms. The number of para-hydroxylation sites is 1. The zero-order chi connectivity index (χ0) is 23.5. The molecule has 2 N–H and O–H groups in total. The van der Waals surface area contributed by atoms with Crippen molar-refractivity contribution in [3.63, 3.8) is 0 Å². The van der Waals surface area contributed by atoms with Gasteiger partial charge in [-0.15, -0.1) is 0 Å². The molecule has 0 aliphatic rings. The van der Waals surface area contributed by atoms with Crippen molar-refractivity contribution >= 4 is 27.3 Å². The molecule has 3 aromatic rings. The van der Waals surface area contributed by atoms with Crippen molar-refractivity contribution in [3.8, 4) is 11.5 Å². The number of hydrogen-bond acceptors (Lipinski definition) is 5. The number of rotatable bonds is 7. The van der Waals surface area contributed by atoms with Crippen molar-refractivity contribution in [3.05, 3.63) is 77.1 Å². The Morgan fingerprint density at radius 2 is 1.53 bits per heavy atom. The van der Waals surface area contributed by atoms with Gasteiger partial charge in [-0.1, -0.05) is 18.2 Å². The molecule has 0 fully saturated rings. The van der Waals surface area contributed by atoms with Crippen LogP contribution in [-0.4, -0.2) is 28.5 Å². The highest BCUT2D eigenvalue weighted by Crippen LogP contribution is 2.33. The van der Waals surface area contributed by atoms with Crippen molar-refractivity contribution in [2.45, 2.75) is 18.7 Å². The molecule has 0 bridgehead atoms. The Morgan fingerprint density at radius 1 is 0.875 bits per heavy atom. The maximum atomic E-state index is 13.9. The second-order valence-electron chi connectivity index (χ2n) is 7.04. The third-order valence-corrected chi connectivity index (χ3v) is 6.22. The number of ether oxygens (including phenoxy) is 2. The van der Waals surface area contributed by atoms with Crippen molar-refractivity contribution in [1.82, 2.24) is 0 Å². The molecule has 168 valence electrons. The minimum atomic E-state index is -4.12. The van der Waals surface area contributed by atoms with Crippen LogP contribution < -0.4 is 19.5 Å². The van der Waals surface area contributed by atoms with Gasteiger partial charge in [-0.3, -0.25) is 9.52 Å². The van der Waals surface area contributed by atoms with Crippen LogP contribution in [0.15, 0.2) is 59.5 Å². The molecule has 1 amide bonds. The van der Waals surface area contributed by atoms with Gasteiger partial charge in [-0.2, -0.15) is 0 Å². The van der Waals surface area contributed by atoms with E-state index in [2.05, 4.69) is 10.0 Å². The van der Waals surface area contributed by atoms with Crippen molar-refractivity contribution in [2.24, 2.45) is 0 Å². The van der Waals surface area contributed by atoms with E-state index in [0.717, 1.165) is 11.6 Å². The molecule has 7 nitrogen and oxygen atoms in total. The van der Waals surface area contributed by atoms with Gasteiger partial charge in [0, 0.05) is 17.3 Å². The maximum absolute atomic E-state index is 13.9. The number of methoxy groups -OCH3 is 2. The van der Waals surface area contributed by atoms with E-state index in [0.29, 0.717) is 22.7 Å². The highest BCUT2D eigenvalue weighted by Gasteiger charge is 2.20. The van der Waals surface area contributed by atoms with Crippen LogP contribution in [-0.2, 0) is 10.0 Å². The molecule has 0 atom stereocenters. The number of nitrogens with one attached hydrogen (secondary N) is 2.